The summed E-state index contributed by atoms with van der Waals surface area (Å²) < 4.78 is 5.37. The molecule has 0 aliphatic carbocycles. The molecule has 1 unspecified atom stereocenters. The summed E-state index contributed by atoms with van der Waals surface area (Å²) in [5, 5.41) is 1.79. The Kier molecular flexibility index (Phi) is 5.62. The Morgan fingerprint density at radius 1 is 1.05 bits per heavy atom. The van der Waals surface area contributed by atoms with Gasteiger partial charge in [-0.2, -0.15) is 0 Å². The molecular weight excluding hydrogens is 382 g/mol. The van der Waals surface area contributed by atoms with Crippen molar-refractivity contribution in [1.82, 2.24) is 0 Å². The minimum atomic E-state index is 0.0772. The summed E-state index contributed by atoms with van der Waals surface area (Å²) in [6.45, 7) is 0. The van der Waals surface area contributed by atoms with E-state index in [9.17, 15) is 0 Å². The molecule has 0 aliphatic heterocycles. The van der Waals surface area contributed by atoms with Gasteiger partial charge >= 0.3 is 0 Å². The van der Waals surface area contributed by atoms with Gasteiger partial charge in [-0.15, -0.1) is 0 Å². The molecule has 0 bridgehead atoms. The number of halogens is 4. The van der Waals surface area contributed by atoms with Crippen molar-refractivity contribution in [3.05, 3.63) is 62.6 Å². The number of ether oxygens (including phenoxy) is 1. The molecule has 5 heteroatoms. The van der Waals surface area contributed by atoms with E-state index in [-0.39, 0.29) is 4.83 Å². The van der Waals surface area contributed by atoms with Gasteiger partial charge in [-0.05, 0) is 42.3 Å². The number of methoxy groups -OCH3 is 1. The Labute approximate surface area is 141 Å². The molecule has 20 heavy (non-hydrogen) atoms. The second kappa shape index (κ2) is 7.04. The number of alkyl halides is 1. The predicted molar refractivity (Wildman–Crippen MR) is 89.8 cm³/mol. The fraction of sp³-hybridized carbons (Fsp3) is 0.200. The summed E-state index contributed by atoms with van der Waals surface area (Å²) in [6, 6.07) is 11.2. The lowest BCUT2D eigenvalue weighted by atomic mass is 10.0. The third-order valence-electron chi connectivity index (χ3n) is 2.93. The molecule has 1 nitrogen and oxygen atoms in total. The molecule has 2 rings (SSSR count). The van der Waals surface area contributed by atoms with E-state index >= 15 is 0 Å². The zero-order valence-electron chi connectivity index (χ0n) is 10.7. The van der Waals surface area contributed by atoms with Crippen LogP contribution in [0.4, 0.5) is 0 Å². The normalized spacial score (nSPS) is 12.2. The molecule has 2 aromatic rings. The molecule has 0 saturated carbocycles. The fourth-order valence-corrected chi connectivity index (χ4v) is 3.17. The molecule has 2 aromatic carbocycles. The van der Waals surface area contributed by atoms with Crippen LogP contribution in [0.3, 0.4) is 0 Å². The van der Waals surface area contributed by atoms with Gasteiger partial charge in [-0.25, -0.2) is 0 Å². The fourth-order valence-electron chi connectivity index (χ4n) is 1.93. The largest absolute Gasteiger partial charge is 0.496 e. The second-order valence-electron chi connectivity index (χ2n) is 4.31. The van der Waals surface area contributed by atoms with E-state index in [1.165, 1.54) is 0 Å². The second-order valence-corrected chi connectivity index (χ2v) is 6.66. The van der Waals surface area contributed by atoms with Gasteiger partial charge in [0.1, 0.15) is 5.75 Å². The lowest BCUT2D eigenvalue weighted by Crippen LogP contribution is -1.99. The maximum Gasteiger partial charge on any atom is 0.123 e. The lowest BCUT2D eigenvalue weighted by molar-refractivity contribution is 0.409. The van der Waals surface area contributed by atoms with Gasteiger partial charge in [0.05, 0.1) is 17.2 Å². The maximum absolute atomic E-state index is 6.05. The van der Waals surface area contributed by atoms with Crippen molar-refractivity contribution in [1.29, 1.82) is 0 Å². The summed E-state index contributed by atoms with van der Waals surface area (Å²) in [5.74, 6) is 0.802. The first kappa shape index (κ1) is 16.0. The monoisotopic (exact) mass is 392 g/mol. The summed E-state index contributed by atoms with van der Waals surface area (Å²) in [7, 11) is 1.64. The molecule has 0 fully saturated rings. The van der Waals surface area contributed by atoms with Crippen LogP contribution >= 0.6 is 50.7 Å². The van der Waals surface area contributed by atoms with Crippen molar-refractivity contribution >= 4 is 50.7 Å². The molecule has 1 atom stereocenters. The predicted octanol–water partition coefficient (Wildman–Crippen LogP) is 6.33. The first-order chi connectivity index (χ1) is 9.51. The standard InChI is InChI=1S/C15H12BrCl3O/c1-20-15-5-3-10(17)8-11(15)12(16)6-9-2-4-13(18)14(19)7-9/h2-5,7-8,12H,6H2,1H3. The molecule has 0 aliphatic rings. The topological polar surface area (TPSA) is 9.23 Å². The van der Waals surface area contributed by atoms with E-state index in [0.29, 0.717) is 15.1 Å². The number of benzene rings is 2. The van der Waals surface area contributed by atoms with Gasteiger partial charge in [0.2, 0.25) is 0 Å². The summed E-state index contributed by atoms with van der Waals surface area (Å²) in [5.41, 5.74) is 2.09. The molecule has 0 saturated heterocycles. The highest BCUT2D eigenvalue weighted by atomic mass is 79.9. The highest BCUT2D eigenvalue weighted by molar-refractivity contribution is 9.09. The van der Waals surface area contributed by atoms with Crippen LogP contribution in [0, 0.1) is 0 Å². The van der Waals surface area contributed by atoms with E-state index in [1.54, 1.807) is 13.2 Å². The van der Waals surface area contributed by atoms with Gasteiger partial charge in [0.25, 0.3) is 0 Å². The minimum absolute atomic E-state index is 0.0772. The van der Waals surface area contributed by atoms with Crippen molar-refractivity contribution in [3.8, 4) is 5.75 Å². The van der Waals surface area contributed by atoms with Crippen LogP contribution in [-0.4, -0.2) is 7.11 Å². The average Bonchev–Trinajstić information content (AvgIpc) is 2.43. The number of rotatable bonds is 4. The molecule has 0 heterocycles. The summed E-state index contributed by atoms with van der Waals surface area (Å²) in [6.07, 6.45) is 0.758. The van der Waals surface area contributed by atoms with E-state index in [1.807, 2.05) is 30.3 Å². The van der Waals surface area contributed by atoms with Crippen molar-refractivity contribution in [2.75, 3.05) is 7.11 Å². The van der Waals surface area contributed by atoms with Crippen LogP contribution in [0.5, 0.6) is 5.75 Å². The number of hydrogen-bond donors (Lipinski definition) is 0. The number of hydrogen-bond acceptors (Lipinski definition) is 1. The van der Waals surface area contributed by atoms with Gasteiger partial charge < -0.3 is 4.74 Å². The average molecular weight is 395 g/mol. The third kappa shape index (κ3) is 3.82. The molecule has 0 amide bonds. The van der Waals surface area contributed by atoms with Crippen molar-refractivity contribution < 1.29 is 4.74 Å². The van der Waals surface area contributed by atoms with Crippen molar-refractivity contribution in [2.24, 2.45) is 0 Å². The van der Waals surface area contributed by atoms with E-state index in [4.69, 9.17) is 39.5 Å². The van der Waals surface area contributed by atoms with Crippen LogP contribution in [0.15, 0.2) is 36.4 Å². The SMILES string of the molecule is COc1ccc(Cl)cc1C(Br)Cc1ccc(Cl)c(Cl)c1. The zero-order valence-corrected chi connectivity index (χ0v) is 14.5. The van der Waals surface area contributed by atoms with Crippen LogP contribution in [0.1, 0.15) is 16.0 Å². The minimum Gasteiger partial charge on any atom is -0.496 e. The Morgan fingerprint density at radius 2 is 1.80 bits per heavy atom. The Morgan fingerprint density at radius 3 is 2.45 bits per heavy atom. The first-order valence-corrected chi connectivity index (χ1v) is 7.97. The molecule has 0 N–H and O–H groups in total. The molecular formula is C15H12BrCl3O. The van der Waals surface area contributed by atoms with Crippen LogP contribution < -0.4 is 4.74 Å². The van der Waals surface area contributed by atoms with Crippen LogP contribution in [0.25, 0.3) is 0 Å². The van der Waals surface area contributed by atoms with E-state index < -0.39 is 0 Å². The highest BCUT2D eigenvalue weighted by Crippen LogP contribution is 2.36. The summed E-state index contributed by atoms with van der Waals surface area (Å²) >= 11 is 21.7. The molecule has 0 radical (unpaired) electrons. The smallest absolute Gasteiger partial charge is 0.123 e. The van der Waals surface area contributed by atoms with E-state index in [2.05, 4.69) is 15.9 Å². The van der Waals surface area contributed by atoms with Gasteiger partial charge in [0.15, 0.2) is 0 Å². The van der Waals surface area contributed by atoms with Gasteiger partial charge in [0, 0.05) is 15.4 Å². The first-order valence-electron chi connectivity index (χ1n) is 5.92. The van der Waals surface area contributed by atoms with Crippen LogP contribution in [-0.2, 0) is 6.42 Å². The molecule has 0 spiro atoms. The molecule has 106 valence electrons. The maximum atomic E-state index is 6.05. The highest BCUT2D eigenvalue weighted by Gasteiger charge is 2.15. The Hall–Kier alpha value is -0.410. The summed E-state index contributed by atoms with van der Waals surface area (Å²) in [4.78, 5) is 0.0772. The van der Waals surface area contributed by atoms with Crippen molar-refractivity contribution in [3.63, 3.8) is 0 Å². The quantitative estimate of drug-likeness (QED) is 0.550. The molecule has 0 aromatic heterocycles. The lowest BCUT2D eigenvalue weighted by Gasteiger charge is -2.15. The zero-order chi connectivity index (χ0) is 14.7. The Bertz CT molecular complexity index is 616. The van der Waals surface area contributed by atoms with Gasteiger partial charge in [-0.1, -0.05) is 56.8 Å². The van der Waals surface area contributed by atoms with E-state index in [0.717, 1.165) is 23.3 Å². The van der Waals surface area contributed by atoms with Gasteiger partial charge in [-0.3, -0.25) is 0 Å². The Balaban J connectivity index is 2.25. The third-order valence-corrected chi connectivity index (χ3v) is 4.72. The van der Waals surface area contributed by atoms with Crippen LogP contribution in [0.2, 0.25) is 15.1 Å². The van der Waals surface area contributed by atoms with Crippen molar-refractivity contribution in [2.45, 2.75) is 11.2 Å².